The SMILES string of the molecule is CSC1(CN=C(N)N)CCOCC1.I. The van der Waals surface area contributed by atoms with Gasteiger partial charge in [-0.25, -0.2) is 0 Å². The fourth-order valence-corrected chi connectivity index (χ4v) is 2.17. The molecule has 0 amide bonds. The molecular formula is C8H18IN3OS. The van der Waals surface area contributed by atoms with Crippen molar-refractivity contribution in [3.05, 3.63) is 0 Å². The average molecular weight is 331 g/mol. The molecule has 1 aliphatic heterocycles. The first-order chi connectivity index (χ1) is 6.18. The number of nitrogens with zero attached hydrogens (tertiary/aromatic N) is 1. The van der Waals surface area contributed by atoms with Crippen molar-refractivity contribution >= 4 is 41.7 Å². The van der Waals surface area contributed by atoms with Crippen LogP contribution in [-0.4, -0.2) is 36.7 Å². The van der Waals surface area contributed by atoms with E-state index in [1.165, 1.54) is 0 Å². The quantitative estimate of drug-likeness (QED) is 0.456. The van der Waals surface area contributed by atoms with Crippen LogP contribution in [0.1, 0.15) is 12.8 Å². The zero-order chi connectivity index (χ0) is 9.73. The van der Waals surface area contributed by atoms with Crippen LogP contribution in [0.2, 0.25) is 0 Å². The molecule has 1 rings (SSSR count). The molecule has 0 atom stereocenters. The molecule has 0 unspecified atom stereocenters. The first kappa shape index (κ1) is 14.3. The van der Waals surface area contributed by atoms with Crippen molar-refractivity contribution in [2.24, 2.45) is 16.5 Å². The van der Waals surface area contributed by atoms with Gasteiger partial charge in [-0.05, 0) is 19.1 Å². The van der Waals surface area contributed by atoms with Crippen LogP contribution < -0.4 is 11.5 Å². The Morgan fingerprint density at radius 1 is 1.43 bits per heavy atom. The number of halogens is 1. The number of ether oxygens (including phenoxy) is 1. The third-order valence-corrected chi connectivity index (χ3v) is 3.79. The molecule has 1 heterocycles. The molecule has 0 spiro atoms. The standard InChI is InChI=1S/C8H17N3OS.HI/c1-13-8(6-11-7(9)10)2-4-12-5-3-8;/h2-6H2,1H3,(H4,9,10,11);1H. The second kappa shape index (κ2) is 6.73. The first-order valence-corrected chi connectivity index (χ1v) is 5.59. The van der Waals surface area contributed by atoms with Gasteiger partial charge in [-0.1, -0.05) is 0 Å². The molecule has 0 radical (unpaired) electrons. The predicted molar refractivity (Wildman–Crippen MR) is 72.4 cm³/mol. The molecule has 4 N–H and O–H groups in total. The van der Waals surface area contributed by atoms with Crippen molar-refractivity contribution in [3.63, 3.8) is 0 Å². The molecule has 0 aromatic rings. The number of nitrogens with two attached hydrogens (primary N) is 2. The highest BCUT2D eigenvalue weighted by Gasteiger charge is 2.31. The van der Waals surface area contributed by atoms with E-state index in [4.69, 9.17) is 16.2 Å². The maximum atomic E-state index is 5.31. The van der Waals surface area contributed by atoms with Gasteiger partial charge in [0, 0.05) is 18.0 Å². The number of aliphatic imine (C=N–C) groups is 1. The maximum Gasteiger partial charge on any atom is 0.185 e. The third kappa shape index (κ3) is 4.22. The van der Waals surface area contributed by atoms with Crippen LogP contribution in [0, 0.1) is 0 Å². The number of guanidine groups is 1. The lowest BCUT2D eigenvalue weighted by Crippen LogP contribution is -2.37. The highest BCUT2D eigenvalue weighted by molar-refractivity contribution is 14.0. The first-order valence-electron chi connectivity index (χ1n) is 4.37. The minimum Gasteiger partial charge on any atom is -0.381 e. The zero-order valence-corrected chi connectivity index (χ0v) is 11.5. The van der Waals surface area contributed by atoms with E-state index in [1.807, 2.05) is 11.8 Å². The summed E-state index contributed by atoms with van der Waals surface area (Å²) in [6, 6.07) is 0. The van der Waals surface area contributed by atoms with Crippen LogP contribution in [0.3, 0.4) is 0 Å². The van der Waals surface area contributed by atoms with Gasteiger partial charge in [-0.15, -0.1) is 24.0 Å². The normalized spacial score (nSPS) is 19.5. The molecule has 0 aromatic carbocycles. The van der Waals surface area contributed by atoms with E-state index in [0.29, 0.717) is 6.54 Å². The van der Waals surface area contributed by atoms with Gasteiger partial charge in [-0.3, -0.25) is 4.99 Å². The Balaban J connectivity index is 0.00000169. The molecule has 0 aliphatic carbocycles. The minimum atomic E-state index is 0. The van der Waals surface area contributed by atoms with Crippen LogP contribution >= 0.6 is 35.7 Å². The fourth-order valence-electron chi connectivity index (χ4n) is 1.41. The number of rotatable bonds is 3. The van der Waals surface area contributed by atoms with Crippen molar-refractivity contribution in [1.82, 2.24) is 0 Å². The molecule has 0 bridgehead atoms. The van der Waals surface area contributed by atoms with Crippen LogP contribution in [0.25, 0.3) is 0 Å². The molecule has 0 saturated carbocycles. The Morgan fingerprint density at radius 2 is 2.00 bits per heavy atom. The van der Waals surface area contributed by atoms with E-state index in [1.54, 1.807) is 0 Å². The van der Waals surface area contributed by atoms with Crippen molar-refractivity contribution in [2.45, 2.75) is 17.6 Å². The van der Waals surface area contributed by atoms with Crippen molar-refractivity contribution in [1.29, 1.82) is 0 Å². The lowest BCUT2D eigenvalue weighted by molar-refractivity contribution is 0.0794. The summed E-state index contributed by atoms with van der Waals surface area (Å²) in [7, 11) is 0. The third-order valence-electron chi connectivity index (χ3n) is 2.39. The second-order valence-electron chi connectivity index (χ2n) is 3.24. The Labute approximate surface area is 106 Å². The van der Waals surface area contributed by atoms with Crippen molar-refractivity contribution in [3.8, 4) is 0 Å². The van der Waals surface area contributed by atoms with Gasteiger partial charge in [-0.2, -0.15) is 11.8 Å². The molecule has 14 heavy (non-hydrogen) atoms. The van der Waals surface area contributed by atoms with E-state index in [-0.39, 0.29) is 34.7 Å². The van der Waals surface area contributed by atoms with E-state index in [0.717, 1.165) is 26.1 Å². The molecule has 0 aromatic heterocycles. The van der Waals surface area contributed by atoms with Gasteiger partial charge in [0.1, 0.15) is 0 Å². The molecule has 1 aliphatic rings. The number of hydrogen-bond acceptors (Lipinski definition) is 3. The van der Waals surface area contributed by atoms with Gasteiger partial charge >= 0.3 is 0 Å². The minimum absolute atomic E-state index is 0. The molecular weight excluding hydrogens is 313 g/mol. The van der Waals surface area contributed by atoms with Gasteiger partial charge in [0.05, 0.1) is 6.54 Å². The monoisotopic (exact) mass is 331 g/mol. The summed E-state index contributed by atoms with van der Waals surface area (Å²) in [6.07, 6.45) is 4.17. The molecule has 1 fully saturated rings. The predicted octanol–water partition coefficient (Wildman–Crippen LogP) is 0.790. The summed E-state index contributed by atoms with van der Waals surface area (Å²) in [5.74, 6) is 0.180. The van der Waals surface area contributed by atoms with Gasteiger partial charge in [0.15, 0.2) is 5.96 Å². The Kier molecular flexibility index (Phi) is 6.88. The summed E-state index contributed by atoms with van der Waals surface area (Å²) in [5, 5.41) is 0. The Hall–Kier alpha value is 0.310. The lowest BCUT2D eigenvalue weighted by atomic mass is 9.99. The van der Waals surface area contributed by atoms with Gasteiger partial charge < -0.3 is 16.2 Å². The number of hydrogen-bond donors (Lipinski definition) is 2. The van der Waals surface area contributed by atoms with Crippen LogP contribution in [0.4, 0.5) is 0 Å². The van der Waals surface area contributed by atoms with Crippen LogP contribution in [0.15, 0.2) is 4.99 Å². The van der Waals surface area contributed by atoms with Gasteiger partial charge in [0.25, 0.3) is 0 Å². The molecule has 1 saturated heterocycles. The summed E-state index contributed by atoms with van der Waals surface area (Å²) >= 11 is 1.84. The largest absolute Gasteiger partial charge is 0.381 e. The topological polar surface area (TPSA) is 73.6 Å². The summed E-state index contributed by atoms with van der Waals surface area (Å²) in [4.78, 5) is 4.09. The summed E-state index contributed by atoms with van der Waals surface area (Å²) in [6.45, 7) is 2.35. The van der Waals surface area contributed by atoms with E-state index in [2.05, 4.69) is 11.2 Å². The Bertz CT molecular complexity index is 191. The lowest BCUT2D eigenvalue weighted by Gasteiger charge is -2.34. The molecule has 6 heteroatoms. The summed E-state index contributed by atoms with van der Waals surface area (Å²) < 4.78 is 5.51. The van der Waals surface area contributed by atoms with E-state index >= 15 is 0 Å². The van der Waals surface area contributed by atoms with Crippen molar-refractivity contribution < 1.29 is 4.74 Å². The van der Waals surface area contributed by atoms with Crippen LogP contribution in [0.5, 0.6) is 0 Å². The maximum absolute atomic E-state index is 5.31. The highest BCUT2D eigenvalue weighted by Crippen LogP contribution is 2.33. The second-order valence-corrected chi connectivity index (χ2v) is 4.51. The van der Waals surface area contributed by atoms with Crippen molar-refractivity contribution in [2.75, 3.05) is 26.0 Å². The molecule has 84 valence electrons. The Morgan fingerprint density at radius 3 is 2.43 bits per heavy atom. The average Bonchev–Trinajstić information content (AvgIpc) is 2.16. The summed E-state index contributed by atoms with van der Waals surface area (Å²) in [5.41, 5.74) is 10.6. The van der Waals surface area contributed by atoms with Crippen LogP contribution in [-0.2, 0) is 4.74 Å². The smallest absolute Gasteiger partial charge is 0.185 e. The number of thioether (sulfide) groups is 1. The fraction of sp³-hybridized carbons (Fsp3) is 0.875. The zero-order valence-electron chi connectivity index (χ0n) is 8.36. The van der Waals surface area contributed by atoms with E-state index < -0.39 is 0 Å². The van der Waals surface area contributed by atoms with Gasteiger partial charge in [0.2, 0.25) is 0 Å². The van der Waals surface area contributed by atoms with E-state index in [9.17, 15) is 0 Å². The highest BCUT2D eigenvalue weighted by atomic mass is 127. The molecule has 4 nitrogen and oxygen atoms in total.